The number of benzene rings is 1. The van der Waals surface area contributed by atoms with Crippen LogP contribution in [0.1, 0.15) is 6.42 Å². The summed E-state index contributed by atoms with van der Waals surface area (Å²) in [6, 6.07) is 8.61. The summed E-state index contributed by atoms with van der Waals surface area (Å²) in [5.41, 5.74) is 0. The van der Waals surface area contributed by atoms with E-state index < -0.39 is 9.84 Å². The van der Waals surface area contributed by atoms with E-state index in [1.54, 1.807) is 30.3 Å². The van der Waals surface area contributed by atoms with Crippen LogP contribution in [0.3, 0.4) is 0 Å². The molecule has 1 fully saturated rings. The van der Waals surface area contributed by atoms with Gasteiger partial charge in [-0.25, -0.2) is 8.42 Å². The smallest absolute Gasteiger partial charge is 0.181 e. The van der Waals surface area contributed by atoms with Crippen molar-refractivity contribution in [3.05, 3.63) is 43.0 Å². The second-order valence-electron chi connectivity index (χ2n) is 3.53. The maximum absolute atomic E-state index is 11.9. The average Bonchev–Trinajstić information content (AvgIpc) is 2.98. The summed E-state index contributed by atoms with van der Waals surface area (Å²) in [5, 5.41) is -0.234. The van der Waals surface area contributed by atoms with Gasteiger partial charge in [-0.05, 0) is 24.5 Å². The van der Waals surface area contributed by atoms with Crippen LogP contribution in [0.25, 0.3) is 0 Å². The molecule has 2 rings (SSSR count). The van der Waals surface area contributed by atoms with Gasteiger partial charge in [0.2, 0.25) is 0 Å². The maximum atomic E-state index is 11.9. The van der Waals surface area contributed by atoms with Gasteiger partial charge >= 0.3 is 0 Å². The summed E-state index contributed by atoms with van der Waals surface area (Å²) in [6.07, 6.45) is 2.45. The Kier molecular flexibility index (Phi) is 2.19. The molecular formula is C11H12O2S. The summed E-state index contributed by atoms with van der Waals surface area (Å²) >= 11 is 0. The van der Waals surface area contributed by atoms with Gasteiger partial charge < -0.3 is 0 Å². The molecule has 0 spiro atoms. The highest BCUT2D eigenvalue weighted by Gasteiger charge is 2.45. The van der Waals surface area contributed by atoms with E-state index in [9.17, 15) is 8.42 Å². The molecule has 3 heteroatoms. The van der Waals surface area contributed by atoms with Crippen molar-refractivity contribution in [2.75, 3.05) is 0 Å². The average molecular weight is 208 g/mol. The van der Waals surface area contributed by atoms with E-state index in [0.29, 0.717) is 4.90 Å². The standard InChI is InChI=1S/C11H12O2S/c1-2-9-8-11(9)14(12,13)10-6-4-3-5-7-10/h2-7,9,11H,1,8H2. The molecule has 0 amide bonds. The Bertz CT molecular complexity index is 434. The van der Waals surface area contributed by atoms with Crippen LogP contribution in [0.5, 0.6) is 0 Å². The van der Waals surface area contributed by atoms with Gasteiger partial charge in [0, 0.05) is 0 Å². The minimum atomic E-state index is -3.10. The second-order valence-corrected chi connectivity index (χ2v) is 5.70. The SMILES string of the molecule is C=CC1CC1S(=O)(=O)c1ccccc1. The minimum absolute atomic E-state index is 0.153. The molecule has 0 aromatic heterocycles. The summed E-state index contributed by atoms with van der Waals surface area (Å²) < 4.78 is 23.8. The van der Waals surface area contributed by atoms with E-state index in [4.69, 9.17) is 0 Å². The molecule has 2 atom stereocenters. The highest BCUT2D eigenvalue weighted by molar-refractivity contribution is 7.92. The Hall–Kier alpha value is -1.09. The number of rotatable bonds is 3. The van der Waals surface area contributed by atoms with Gasteiger partial charge in [-0.1, -0.05) is 24.3 Å². The highest BCUT2D eigenvalue weighted by atomic mass is 32.2. The Morgan fingerprint density at radius 3 is 2.43 bits per heavy atom. The lowest BCUT2D eigenvalue weighted by Crippen LogP contribution is -2.08. The van der Waals surface area contributed by atoms with Crippen LogP contribution in [0.2, 0.25) is 0 Å². The second kappa shape index (κ2) is 3.24. The van der Waals surface area contributed by atoms with E-state index in [2.05, 4.69) is 6.58 Å². The van der Waals surface area contributed by atoms with Crippen molar-refractivity contribution in [1.29, 1.82) is 0 Å². The molecule has 0 aliphatic heterocycles. The van der Waals surface area contributed by atoms with E-state index in [1.807, 2.05) is 6.07 Å². The predicted molar refractivity (Wildman–Crippen MR) is 55.7 cm³/mol. The molecule has 2 nitrogen and oxygen atoms in total. The first-order chi connectivity index (χ1) is 6.66. The fraction of sp³-hybridized carbons (Fsp3) is 0.273. The Morgan fingerprint density at radius 1 is 1.29 bits per heavy atom. The van der Waals surface area contributed by atoms with Crippen LogP contribution in [0, 0.1) is 5.92 Å². The number of sulfone groups is 1. The fourth-order valence-corrected chi connectivity index (χ4v) is 3.51. The predicted octanol–water partition coefficient (Wildman–Crippen LogP) is 2.03. The molecule has 0 heterocycles. The first-order valence-electron chi connectivity index (χ1n) is 4.58. The fourth-order valence-electron chi connectivity index (χ4n) is 1.58. The van der Waals surface area contributed by atoms with Crippen molar-refractivity contribution in [3.63, 3.8) is 0 Å². The van der Waals surface area contributed by atoms with Crippen molar-refractivity contribution < 1.29 is 8.42 Å². The Balaban J connectivity index is 2.31. The highest BCUT2D eigenvalue weighted by Crippen LogP contribution is 2.40. The zero-order valence-corrected chi connectivity index (χ0v) is 8.57. The maximum Gasteiger partial charge on any atom is 0.181 e. The van der Waals surface area contributed by atoms with Crippen molar-refractivity contribution in [1.82, 2.24) is 0 Å². The van der Waals surface area contributed by atoms with Gasteiger partial charge in [0.1, 0.15) is 0 Å². The first-order valence-corrected chi connectivity index (χ1v) is 6.12. The van der Waals surface area contributed by atoms with Gasteiger partial charge in [0.25, 0.3) is 0 Å². The van der Waals surface area contributed by atoms with Crippen LogP contribution in [0.4, 0.5) is 0 Å². The third-order valence-corrected chi connectivity index (χ3v) is 4.82. The summed E-state index contributed by atoms with van der Waals surface area (Å²) in [6.45, 7) is 3.62. The van der Waals surface area contributed by atoms with Gasteiger partial charge in [-0.3, -0.25) is 0 Å². The summed E-state index contributed by atoms with van der Waals surface area (Å²) in [5.74, 6) is 0.153. The van der Waals surface area contributed by atoms with Gasteiger partial charge in [0.15, 0.2) is 9.84 Å². The molecule has 0 N–H and O–H groups in total. The van der Waals surface area contributed by atoms with Gasteiger partial charge in [-0.15, -0.1) is 6.58 Å². The number of hydrogen-bond donors (Lipinski definition) is 0. The lowest BCUT2D eigenvalue weighted by atomic mass is 10.4. The van der Waals surface area contributed by atoms with Crippen molar-refractivity contribution >= 4 is 9.84 Å². The molecule has 1 aromatic rings. The van der Waals surface area contributed by atoms with Crippen LogP contribution >= 0.6 is 0 Å². The van der Waals surface area contributed by atoms with E-state index in [-0.39, 0.29) is 11.2 Å². The van der Waals surface area contributed by atoms with Crippen LogP contribution < -0.4 is 0 Å². The molecular weight excluding hydrogens is 196 g/mol. The lowest BCUT2D eigenvalue weighted by Gasteiger charge is -2.01. The minimum Gasteiger partial charge on any atom is -0.223 e. The largest absolute Gasteiger partial charge is 0.223 e. The Morgan fingerprint density at radius 2 is 1.93 bits per heavy atom. The molecule has 0 radical (unpaired) electrons. The molecule has 0 bridgehead atoms. The third-order valence-electron chi connectivity index (χ3n) is 2.55. The molecule has 2 unspecified atom stereocenters. The topological polar surface area (TPSA) is 34.1 Å². The van der Waals surface area contributed by atoms with E-state index >= 15 is 0 Å². The number of hydrogen-bond acceptors (Lipinski definition) is 2. The summed E-state index contributed by atoms with van der Waals surface area (Å²) in [7, 11) is -3.10. The zero-order chi connectivity index (χ0) is 10.2. The Labute approximate surface area is 84.2 Å². The lowest BCUT2D eigenvalue weighted by molar-refractivity contribution is 0.593. The van der Waals surface area contributed by atoms with Crippen molar-refractivity contribution in [3.8, 4) is 0 Å². The monoisotopic (exact) mass is 208 g/mol. The van der Waals surface area contributed by atoms with Crippen LogP contribution in [-0.4, -0.2) is 13.7 Å². The van der Waals surface area contributed by atoms with Gasteiger partial charge in [-0.2, -0.15) is 0 Å². The van der Waals surface area contributed by atoms with Crippen LogP contribution in [0.15, 0.2) is 47.9 Å². The normalized spacial score (nSPS) is 25.7. The van der Waals surface area contributed by atoms with Gasteiger partial charge in [0.05, 0.1) is 10.1 Å². The molecule has 74 valence electrons. The molecule has 1 saturated carbocycles. The summed E-state index contributed by atoms with van der Waals surface area (Å²) in [4.78, 5) is 0.425. The van der Waals surface area contributed by atoms with E-state index in [1.165, 1.54) is 0 Å². The van der Waals surface area contributed by atoms with Crippen LogP contribution in [-0.2, 0) is 9.84 Å². The molecule has 1 aliphatic rings. The van der Waals surface area contributed by atoms with Crippen molar-refractivity contribution in [2.45, 2.75) is 16.6 Å². The van der Waals surface area contributed by atoms with Crippen molar-refractivity contribution in [2.24, 2.45) is 5.92 Å². The molecule has 1 aliphatic carbocycles. The molecule has 0 saturated heterocycles. The molecule has 1 aromatic carbocycles. The first kappa shape index (κ1) is 9.46. The van der Waals surface area contributed by atoms with E-state index in [0.717, 1.165) is 6.42 Å². The quantitative estimate of drug-likeness (QED) is 0.712. The molecule has 14 heavy (non-hydrogen) atoms. The number of allylic oxidation sites excluding steroid dienone is 1. The third kappa shape index (κ3) is 1.48. The zero-order valence-electron chi connectivity index (χ0n) is 7.76.